The predicted molar refractivity (Wildman–Crippen MR) is 79.8 cm³/mol. The van der Waals surface area contributed by atoms with Crippen molar-refractivity contribution in [2.75, 3.05) is 0 Å². The molecular weight excluding hydrogens is 281 g/mol. The molecule has 0 bridgehead atoms. The van der Waals surface area contributed by atoms with Crippen LogP contribution in [0.5, 0.6) is 0 Å². The second-order valence-electron chi connectivity index (χ2n) is 5.13. The Labute approximate surface area is 127 Å². The van der Waals surface area contributed by atoms with E-state index in [0.29, 0.717) is 23.3 Å². The van der Waals surface area contributed by atoms with Crippen molar-refractivity contribution in [2.24, 2.45) is 0 Å². The standard InChI is InChI=1S/C18H14FNO2/c19-14-8-6-13(7-9-14)18-16(11-20)15(10-17(21)22-18)12-4-2-1-3-5-12/h1-9,15,17,21H,10H2/t15-,17?/m0/s1. The molecule has 4 heteroatoms. The molecule has 0 saturated carbocycles. The monoisotopic (exact) mass is 295 g/mol. The number of benzene rings is 2. The fourth-order valence-corrected chi connectivity index (χ4v) is 2.67. The van der Waals surface area contributed by atoms with Crippen molar-refractivity contribution in [1.82, 2.24) is 0 Å². The molecule has 3 nitrogen and oxygen atoms in total. The van der Waals surface area contributed by atoms with Crippen LogP contribution in [-0.4, -0.2) is 11.4 Å². The van der Waals surface area contributed by atoms with Gasteiger partial charge in [0.05, 0.1) is 11.6 Å². The van der Waals surface area contributed by atoms with Gasteiger partial charge in [0.2, 0.25) is 0 Å². The molecule has 0 fully saturated rings. The molecule has 22 heavy (non-hydrogen) atoms. The normalized spacial score (nSPS) is 21.1. The zero-order valence-corrected chi connectivity index (χ0v) is 11.7. The molecule has 0 spiro atoms. The highest BCUT2D eigenvalue weighted by Crippen LogP contribution is 2.39. The predicted octanol–water partition coefficient (Wildman–Crippen LogP) is 3.58. The fraction of sp³-hybridized carbons (Fsp3) is 0.167. The van der Waals surface area contributed by atoms with E-state index in [1.165, 1.54) is 12.1 Å². The molecule has 2 aromatic carbocycles. The van der Waals surface area contributed by atoms with Crippen molar-refractivity contribution in [2.45, 2.75) is 18.6 Å². The molecule has 0 radical (unpaired) electrons. The smallest absolute Gasteiger partial charge is 0.198 e. The number of rotatable bonds is 2. The fourth-order valence-electron chi connectivity index (χ4n) is 2.67. The van der Waals surface area contributed by atoms with Crippen molar-refractivity contribution in [3.05, 3.63) is 77.1 Å². The number of hydrogen-bond donors (Lipinski definition) is 1. The molecule has 1 heterocycles. The lowest BCUT2D eigenvalue weighted by Gasteiger charge is -2.29. The molecule has 0 aromatic heterocycles. The zero-order valence-electron chi connectivity index (χ0n) is 11.7. The van der Waals surface area contributed by atoms with E-state index in [1.54, 1.807) is 12.1 Å². The second-order valence-corrected chi connectivity index (χ2v) is 5.13. The van der Waals surface area contributed by atoms with E-state index in [-0.39, 0.29) is 11.7 Å². The maximum Gasteiger partial charge on any atom is 0.198 e. The van der Waals surface area contributed by atoms with Crippen molar-refractivity contribution in [3.63, 3.8) is 0 Å². The maximum atomic E-state index is 13.1. The van der Waals surface area contributed by atoms with Crippen LogP contribution in [-0.2, 0) is 4.74 Å². The average molecular weight is 295 g/mol. The van der Waals surface area contributed by atoms with E-state index < -0.39 is 6.29 Å². The lowest BCUT2D eigenvalue weighted by atomic mass is 9.85. The first kappa shape index (κ1) is 14.3. The Balaban J connectivity index is 2.10. The highest BCUT2D eigenvalue weighted by Gasteiger charge is 2.31. The molecule has 0 saturated heterocycles. The number of nitrogens with zero attached hydrogens (tertiary/aromatic N) is 1. The van der Waals surface area contributed by atoms with Crippen LogP contribution in [0.4, 0.5) is 4.39 Å². The summed E-state index contributed by atoms with van der Waals surface area (Å²) >= 11 is 0. The molecule has 1 N–H and O–H groups in total. The number of ether oxygens (including phenoxy) is 1. The lowest BCUT2D eigenvalue weighted by Crippen LogP contribution is -2.23. The van der Waals surface area contributed by atoms with Gasteiger partial charge in [-0.05, 0) is 29.8 Å². The number of halogens is 1. The first-order valence-corrected chi connectivity index (χ1v) is 6.99. The van der Waals surface area contributed by atoms with Gasteiger partial charge in [-0.1, -0.05) is 30.3 Å². The average Bonchev–Trinajstić information content (AvgIpc) is 2.55. The maximum absolute atomic E-state index is 13.1. The minimum Gasteiger partial charge on any atom is -0.463 e. The van der Waals surface area contributed by atoms with Crippen LogP contribution in [0.3, 0.4) is 0 Å². The van der Waals surface area contributed by atoms with Gasteiger partial charge in [0.1, 0.15) is 11.6 Å². The third kappa shape index (κ3) is 2.72. The van der Waals surface area contributed by atoms with Crippen LogP contribution in [0.15, 0.2) is 60.2 Å². The minimum atomic E-state index is -0.998. The number of allylic oxidation sites excluding steroid dienone is 1. The highest BCUT2D eigenvalue weighted by molar-refractivity contribution is 5.69. The van der Waals surface area contributed by atoms with Crippen LogP contribution in [0.2, 0.25) is 0 Å². The van der Waals surface area contributed by atoms with Gasteiger partial charge in [0, 0.05) is 17.9 Å². The van der Waals surface area contributed by atoms with Crippen molar-refractivity contribution in [3.8, 4) is 6.07 Å². The van der Waals surface area contributed by atoms with Gasteiger partial charge in [-0.15, -0.1) is 0 Å². The van der Waals surface area contributed by atoms with E-state index in [9.17, 15) is 14.8 Å². The van der Waals surface area contributed by atoms with Crippen LogP contribution in [0.1, 0.15) is 23.5 Å². The van der Waals surface area contributed by atoms with Crippen molar-refractivity contribution in [1.29, 1.82) is 5.26 Å². The molecule has 3 rings (SSSR count). The Morgan fingerprint density at radius 2 is 1.77 bits per heavy atom. The SMILES string of the molecule is N#CC1=C(c2ccc(F)cc2)OC(O)C[C@H]1c1ccccc1. The number of aliphatic hydroxyl groups excluding tert-OH is 1. The Morgan fingerprint density at radius 1 is 1.09 bits per heavy atom. The molecule has 2 aromatic rings. The molecule has 1 aliphatic rings. The van der Waals surface area contributed by atoms with Crippen LogP contribution in [0.25, 0.3) is 5.76 Å². The zero-order chi connectivity index (χ0) is 15.5. The summed E-state index contributed by atoms with van der Waals surface area (Å²) in [4.78, 5) is 0. The lowest BCUT2D eigenvalue weighted by molar-refractivity contribution is -0.0545. The van der Waals surface area contributed by atoms with Crippen molar-refractivity contribution >= 4 is 5.76 Å². The summed E-state index contributed by atoms with van der Waals surface area (Å²) in [6.45, 7) is 0. The van der Waals surface area contributed by atoms with Crippen LogP contribution in [0, 0.1) is 17.1 Å². The first-order chi connectivity index (χ1) is 10.7. The topological polar surface area (TPSA) is 53.2 Å². The third-order valence-corrected chi connectivity index (χ3v) is 3.71. The third-order valence-electron chi connectivity index (χ3n) is 3.71. The Hall–Kier alpha value is -2.64. The van der Waals surface area contributed by atoms with Crippen LogP contribution < -0.4 is 0 Å². The summed E-state index contributed by atoms with van der Waals surface area (Å²) < 4.78 is 18.5. The van der Waals surface area contributed by atoms with Crippen molar-refractivity contribution < 1.29 is 14.2 Å². The van der Waals surface area contributed by atoms with Gasteiger partial charge in [0.25, 0.3) is 0 Å². The largest absolute Gasteiger partial charge is 0.463 e. The molecule has 0 amide bonds. The van der Waals surface area contributed by atoms with Gasteiger partial charge in [-0.25, -0.2) is 4.39 Å². The first-order valence-electron chi connectivity index (χ1n) is 6.99. The van der Waals surface area contributed by atoms with Gasteiger partial charge in [0.15, 0.2) is 6.29 Å². The van der Waals surface area contributed by atoms with E-state index >= 15 is 0 Å². The molecular formula is C18H14FNO2. The Bertz CT molecular complexity index is 732. The van der Waals surface area contributed by atoms with E-state index in [2.05, 4.69) is 6.07 Å². The van der Waals surface area contributed by atoms with E-state index in [1.807, 2.05) is 30.3 Å². The molecule has 110 valence electrons. The summed E-state index contributed by atoms with van der Waals surface area (Å²) in [6.07, 6.45) is -0.681. The Morgan fingerprint density at radius 3 is 2.41 bits per heavy atom. The summed E-state index contributed by atoms with van der Waals surface area (Å²) in [5.74, 6) is -0.288. The number of hydrogen-bond acceptors (Lipinski definition) is 3. The van der Waals surface area contributed by atoms with E-state index in [4.69, 9.17) is 4.74 Å². The number of aliphatic hydroxyl groups is 1. The van der Waals surface area contributed by atoms with Gasteiger partial charge in [-0.2, -0.15) is 5.26 Å². The summed E-state index contributed by atoms with van der Waals surface area (Å²) in [6, 6.07) is 17.4. The quantitative estimate of drug-likeness (QED) is 0.921. The minimum absolute atomic E-state index is 0.241. The summed E-state index contributed by atoms with van der Waals surface area (Å²) in [7, 11) is 0. The summed E-state index contributed by atoms with van der Waals surface area (Å²) in [5.41, 5.74) is 1.97. The number of nitriles is 1. The Kier molecular flexibility index (Phi) is 3.90. The van der Waals surface area contributed by atoms with Gasteiger partial charge in [-0.3, -0.25) is 0 Å². The van der Waals surface area contributed by atoms with Gasteiger partial charge >= 0.3 is 0 Å². The highest BCUT2D eigenvalue weighted by atomic mass is 19.1. The molecule has 1 unspecified atom stereocenters. The summed E-state index contributed by atoms with van der Waals surface area (Å²) in [5, 5.41) is 19.6. The molecule has 2 atom stereocenters. The molecule has 1 aliphatic heterocycles. The van der Waals surface area contributed by atoms with E-state index in [0.717, 1.165) is 5.56 Å². The molecule has 0 aliphatic carbocycles. The van der Waals surface area contributed by atoms with Gasteiger partial charge < -0.3 is 9.84 Å². The van der Waals surface area contributed by atoms with Crippen LogP contribution >= 0.6 is 0 Å². The second kappa shape index (κ2) is 6.00.